The van der Waals surface area contributed by atoms with Gasteiger partial charge in [0.15, 0.2) is 0 Å². The average molecular weight is 561 g/mol. The van der Waals surface area contributed by atoms with Gasteiger partial charge in [-0.3, -0.25) is 4.90 Å². The summed E-state index contributed by atoms with van der Waals surface area (Å²) in [6, 6.07) is 10.3. The second-order valence-corrected chi connectivity index (χ2v) is 11.3. The first kappa shape index (κ1) is 26.7. The minimum Gasteiger partial charge on any atom is -0.494 e. The molecule has 3 N–H and O–H groups in total. The van der Waals surface area contributed by atoms with Crippen LogP contribution < -0.4 is 20.7 Å². The summed E-state index contributed by atoms with van der Waals surface area (Å²) in [4.78, 5) is 16.4. The first-order valence-corrected chi connectivity index (χ1v) is 14.3. The number of aryl methyl sites for hydroxylation is 2. The number of hydrogen-bond acceptors (Lipinski definition) is 8. The first-order chi connectivity index (χ1) is 19.4. The summed E-state index contributed by atoms with van der Waals surface area (Å²) in [6.45, 7) is 7.27. The number of halogens is 1. The smallest absolute Gasteiger partial charge is 0.227 e. The summed E-state index contributed by atoms with van der Waals surface area (Å²) in [5.41, 5.74) is 13.2. The van der Waals surface area contributed by atoms with Crippen molar-refractivity contribution in [3.05, 3.63) is 53.3 Å². The van der Waals surface area contributed by atoms with Gasteiger partial charge in [0.25, 0.3) is 0 Å². The molecule has 0 amide bonds. The molecule has 10 heteroatoms. The van der Waals surface area contributed by atoms with Gasteiger partial charge in [-0.15, -0.1) is 0 Å². The molecule has 0 spiro atoms. The third-order valence-corrected chi connectivity index (χ3v) is 8.46. The summed E-state index contributed by atoms with van der Waals surface area (Å²) in [6.07, 6.45) is 6.03. The maximum absolute atomic E-state index is 6.66. The van der Waals surface area contributed by atoms with E-state index in [9.17, 15) is 0 Å². The van der Waals surface area contributed by atoms with Crippen LogP contribution in [0.4, 0.5) is 23.0 Å². The van der Waals surface area contributed by atoms with E-state index in [-0.39, 0.29) is 0 Å². The highest BCUT2D eigenvalue weighted by Crippen LogP contribution is 2.39. The fraction of sp³-hybridized carbons (Fsp3) is 0.400. The SMILES string of the molecule is COc1cc(N(C)CCN2CCN(C)CC2)c(N)cc1Nc1ncc(Cl)c(-c2cn3c4c(cccc24)CCC3)n1. The predicted molar refractivity (Wildman–Crippen MR) is 164 cm³/mol. The van der Waals surface area contributed by atoms with Crippen molar-refractivity contribution in [2.24, 2.45) is 0 Å². The standard InChI is InChI=1S/C30H37ClN8O/c1-36-10-13-38(14-11-36)15-12-37(2)26-17-27(40-3)25(16-24(26)32)34-30-33-18-23(31)28(35-30)22-19-39-9-5-7-20-6-4-8-21(22)29(20)39/h4,6,8,16-19H,5,7,9-15,32H2,1-3H3,(H,33,34,35). The van der Waals surface area contributed by atoms with E-state index in [0.717, 1.165) is 75.3 Å². The summed E-state index contributed by atoms with van der Waals surface area (Å²) in [5, 5.41) is 5.00. The van der Waals surface area contributed by atoms with Crippen LogP contribution in [0.5, 0.6) is 5.75 Å². The van der Waals surface area contributed by atoms with Gasteiger partial charge in [0.05, 0.1) is 46.6 Å². The van der Waals surface area contributed by atoms with Gasteiger partial charge in [0.2, 0.25) is 5.95 Å². The molecule has 6 rings (SSSR count). The van der Waals surface area contributed by atoms with Crippen LogP contribution in [0.1, 0.15) is 12.0 Å². The van der Waals surface area contributed by atoms with E-state index in [1.54, 1.807) is 13.3 Å². The van der Waals surface area contributed by atoms with Crippen molar-refractivity contribution < 1.29 is 4.74 Å². The molecule has 2 aliphatic heterocycles. The zero-order chi connectivity index (χ0) is 27.8. The second kappa shape index (κ2) is 11.2. The molecule has 0 aliphatic carbocycles. The zero-order valence-corrected chi connectivity index (χ0v) is 24.2. The lowest BCUT2D eigenvalue weighted by Gasteiger charge is -2.34. The molecule has 0 radical (unpaired) electrons. The lowest BCUT2D eigenvalue weighted by Crippen LogP contribution is -2.46. The van der Waals surface area contributed by atoms with Crippen LogP contribution >= 0.6 is 11.6 Å². The molecule has 4 heterocycles. The lowest BCUT2D eigenvalue weighted by atomic mass is 10.0. The van der Waals surface area contributed by atoms with Gasteiger partial charge >= 0.3 is 0 Å². The number of para-hydroxylation sites is 1. The highest BCUT2D eigenvalue weighted by molar-refractivity contribution is 6.33. The molecule has 1 fully saturated rings. The van der Waals surface area contributed by atoms with Crippen LogP contribution in [0.2, 0.25) is 5.02 Å². The number of aromatic nitrogens is 3. The summed E-state index contributed by atoms with van der Waals surface area (Å²) in [5.74, 6) is 1.10. The van der Waals surface area contributed by atoms with Gasteiger partial charge in [-0.2, -0.15) is 0 Å². The summed E-state index contributed by atoms with van der Waals surface area (Å²) < 4.78 is 8.08. The van der Waals surface area contributed by atoms with Crippen LogP contribution in [0, 0.1) is 0 Å². The van der Waals surface area contributed by atoms with Crippen molar-refractivity contribution in [2.45, 2.75) is 19.4 Å². The van der Waals surface area contributed by atoms with Crippen molar-refractivity contribution in [3.63, 3.8) is 0 Å². The molecule has 0 bridgehead atoms. The lowest BCUT2D eigenvalue weighted by molar-refractivity contribution is 0.157. The zero-order valence-electron chi connectivity index (χ0n) is 23.5. The molecule has 4 aromatic rings. The Kier molecular flexibility index (Phi) is 7.44. The Balaban J connectivity index is 1.24. The minimum atomic E-state index is 0.431. The minimum absolute atomic E-state index is 0.431. The van der Waals surface area contributed by atoms with E-state index in [0.29, 0.717) is 33.8 Å². The molecular weight excluding hydrogens is 524 g/mol. The maximum atomic E-state index is 6.66. The molecule has 1 saturated heterocycles. The number of hydrogen-bond donors (Lipinski definition) is 2. The van der Waals surface area contributed by atoms with Crippen molar-refractivity contribution in [1.82, 2.24) is 24.3 Å². The normalized spacial score (nSPS) is 15.9. The number of benzene rings is 2. The number of methoxy groups -OCH3 is 1. The van der Waals surface area contributed by atoms with E-state index < -0.39 is 0 Å². The largest absolute Gasteiger partial charge is 0.494 e. The third kappa shape index (κ3) is 5.16. The molecule has 9 nitrogen and oxygen atoms in total. The molecule has 210 valence electrons. The monoisotopic (exact) mass is 560 g/mol. The average Bonchev–Trinajstić information content (AvgIpc) is 3.34. The Hall–Kier alpha value is -3.53. The number of ether oxygens (including phenoxy) is 1. The molecule has 0 atom stereocenters. The third-order valence-electron chi connectivity index (χ3n) is 8.18. The van der Waals surface area contributed by atoms with Crippen molar-refractivity contribution in [3.8, 4) is 17.0 Å². The Morgan fingerprint density at radius 2 is 1.98 bits per heavy atom. The van der Waals surface area contributed by atoms with Crippen LogP contribution in [-0.4, -0.2) is 84.8 Å². The topological polar surface area (TPSA) is 87.7 Å². The number of anilines is 4. The van der Waals surface area contributed by atoms with E-state index in [2.05, 4.69) is 68.1 Å². The first-order valence-electron chi connectivity index (χ1n) is 13.9. The Morgan fingerprint density at radius 3 is 2.77 bits per heavy atom. The van der Waals surface area contributed by atoms with E-state index >= 15 is 0 Å². The van der Waals surface area contributed by atoms with Gasteiger partial charge in [0, 0.05) is 76.1 Å². The fourth-order valence-electron chi connectivity index (χ4n) is 5.85. The molecule has 40 heavy (non-hydrogen) atoms. The van der Waals surface area contributed by atoms with Crippen LogP contribution in [0.25, 0.3) is 22.2 Å². The van der Waals surface area contributed by atoms with E-state index in [1.807, 2.05) is 12.1 Å². The molecule has 2 aliphatic rings. The Bertz CT molecular complexity index is 1530. The quantitative estimate of drug-likeness (QED) is 0.299. The van der Waals surface area contributed by atoms with Crippen LogP contribution in [-0.2, 0) is 13.0 Å². The number of nitrogens with two attached hydrogens (primary N) is 1. The molecule has 0 saturated carbocycles. The van der Waals surface area contributed by atoms with Crippen molar-refractivity contribution >= 4 is 45.5 Å². The molecule has 2 aromatic heterocycles. The van der Waals surface area contributed by atoms with Crippen LogP contribution in [0.3, 0.4) is 0 Å². The van der Waals surface area contributed by atoms with Gasteiger partial charge in [-0.05, 0) is 31.5 Å². The predicted octanol–water partition coefficient (Wildman–Crippen LogP) is 4.72. The number of likely N-dealkylation sites (N-methyl/N-ethyl adjacent to an activating group) is 2. The Labute approximate surface area is 240 Å². The number of rotatable bonds is 8. The molecule has 2 aromatic carbocycles. The summed E-state index contributed by atoms with van der Waals surface area (Å²) >= 11 is 6.66. The van der Waals surface area contributed by atoms with Gasteiger partial charge in [0.1, 0.15) is 5.75 Å². The van der Waals surface area contributed by atoms with Gasteiger partial charge < -0.3 is 30.2 Å². The highest BCUT2D eigenvalue weighted by Gasteiger charge is 2.21. The van der Waals surface area contributed by atoms with E-state index in [1.165, 1.54) is 11.1 Å². The Morgan fingerprint density at radius 1 is 1.15 bits per heavy atom. The van der Waals surface area contributed by atoms with Gasteiger partial charge in [-0.1, -0.05) is 29.8 Å². The molecule has 0 unspecified atom stereocenters. The van der Waals surface area contributed by atoms with Gasteiger partial charge in [-0.25, -0.2) is 9.97 Å². The second-order valence-electron chi connectivity index (χ2n) is 10.8. The summed E-state index contributed by atoms with van der Waals surface area (Å²) in [7, 11) is 5.91. The number of piperazine rings is 1. The number of nitrogens with zero attached hydrogens (tertiary/aromatic N) is 6. The van der Waals surface area contributed by atoms with E-state index in [4.69, 9.17) is 27.1 Å². The van der Waals surface area contributed by atoms with Crippen LogP contribution in [0.15, 0.2) is 42.7 Å². The van der Waals surface area contributed by atoms with Crippen molar-refractivity contribution in [2.75, 3.05) is 76.4 Å². The fourth-order valence-corrected chi connectivity index (χ4v) is 6.04. The van der Waals surface area contributed by atoms with Crippen molar-refractivity contribution in [1.29, 1.82) is 0 Å². The molecular formula is C30H37ClN8O. The highest BCUT2D eigenvalue weighted by atomic mass is 35.5. The maximum Gasteiger partial charge on any atom is 0.227 e. The number of nitrogens with one attached hydrogen (secondary N) is 1. The number of nitrogen functional groups attached to an aromatic ring is 1.